The van der Waals surface area contributed by atoms with Gasteiger partial charge in [-0.25, -0.2) is 4.79 Å². The van der Waals surface area contributed by atoms with Crippen molar-refractivity contribution in [3.8, 4) is 0 Å². The van der Waals surface area contributed by atoms with E-state index in [1.54, 1.807) is 37.8 Å². The number of halogens is 1. The Labute approximate surface area is 247 Å². The van der Waals surface area contributed by atoms with Gasteiger partial charge in [-0.2, -0.15) is 0 Å². The van der Waals surface area contributed by atoms with Gasteiger partial charge in [0.2, 0.25) is 11.8 Å². The van der Waals surface area contributed by atoms with Crippen molar-refractivity contribution in [1.29, 1.82) is 0 Å². The second-order valence-electron chi connectivity index (χ2n) is 11.7. The molecule has 1 aliphatic rings. The van der Waals surface area contributed by atoms with Crippen LogP contribution < -0.4 is 16.4 Å². The number of benzene rings is 2. The number of carbonyl (C=O) groups excluding carboxylic acids is 4. The van der Waals surface area contributed by atoms with Gasteiger partial charge in [0.15, 0.2) is 0 Å². The number of para-hydroxylation sites is 1. The van der Waals surface area contributed by atoms with E-state index in [-0.39, 0.29) is 18.9 Å². The van der Waals surface area contributed by atoms with Gasteiger partial charge in [-0.1, -0.05) is 47.5 Å². The average molecular weight is 585 g/mol. The van der Waals surface area contributed by atoms with Crippen LogP contribution in [-0.2, 0) is 19.1 Å². The third kappa shape index (κ3) is 8.45. The Morgan fingerprint density at radius 2 is 1.76 bits per heavy atom. The molecule has 0 spiro atoms. The van der Waals surface area contributed by atoms with Crippen molar-refractivity contribution in [1.82, 2.24) is 10.2 Å². The number of hydrogen-bond acceptors (Lipinski definition) is 5. The van der Waals surface area contributed by atoms with Crippen molar-refractivity contribution >= 4 is 41.1 Å². The number of nitrogens with two attached hydrogens (primary N) is 1. The highest BCUT2D eigenvalue weighted by atomic mass is 35.5. The number of ether oxygens (including phenoxy) is 1. The number of primary amides is 1. The molecular weight excluding hydrogens is 544 g/mol. The summed E-state index contributed by atoms with van der Waals surface area (Å²) in [5.41, 5.74) is 8.36. The van der Waals surface area contributed by atoms with Gasteiger partial charge in [0.1, 0.15) is 17.7 Å². The van der Waals surface area contributed by atoms with E-state index >= 15 is 0 Å². The molecule has 10 heteroatoms. The summed E-state index contributed by atoms with van der Waals surface area (Å²) < 4.78 is 5.41. The summed E-state index contributed by atoms with van der Waals surface area (Å²) in [5, 5.41) is 5.98. The standard InChI is InChI=1S/C31H41ClN4O5/c1-18-13-14-22(20(3)17-18)27(28(38)35-26-19(2)9-7-12-23(26)32)36(21-10-8-11-21)29(39)24(15-16-25(33)37)34-30(40)41-31(4,5)6/h7,9,12-14,17,21,24,27H,8,10-11,15-16H2,1-6H3,(H2,33,37)(H,34,40)(H,35,38). The number of nitrogens with one attached hydrogen (secondary N) is 2. The second kappa shape index (κ2) is 13.4. The Bertz CT molecular complexity index is 1280. The first kappa shape index (κ1) is 31.9. The summed E-state index contributed by atoms with van der Waals surface area (Å²) in [5.74, 6) is -1.53. The van der Waals surface area contributed by atoms with Crippen LogP contribution in [0.2, 0.25) is 5.02 Å². The van der Waals surface area contributed by atoms with Crippen LogP contribution in [0.1, 0.15) is 81.2 Å². The molecule has 0 saturated heterocycles. The number of amides is 4. The summed E-state index contributed by atoms with van der Waals surface area (Å²) in [6, 6.07) is 8.63. The fourth-order valence-electron chi connectivity index (χ4n) is 4.89. The summed E-state index contributed by atoms with van der Waals surface area (Å²) in [4.78, 5) is 54.6. The highest BCUT2D eigenvalue weighted by Crippen LogP contribution is 2.37. The predicted molar refractivity (Wildman–Crippen MR) is 160 cm³/mol. The fourth-order valence-corrected chi connectivity index (χ4v) is 5.16. The zero-order valence-electron chi connectivity index (χ0n) is 24.7. The minimum Gasteiger partial charge on any atom is -0.444 e. The molecule has 2 aromatic rings. The lowest BCUT2D eigenvalue weighted by atomic mass is 9.86. The number of rotatable bonds is 10. The van der Waals surface area contributed by atoms with Gasteiger partial charge in [-0.05, 0) is 90.0 Å². The van der Waals surface area contributed by atoms with E-state index < -0.39 is 41.5 Å². The van der Waals surface area contributed by atoms with Gasteiger partial charge in [0, 0.05) is 12.5 Å². The van der Waals surface area contributed by atoms with Crippen molar-refractivity contribution in [2.75, 3.05) is 5.32 Å². The number of aryl methyl sites for hydroxylation is 3. The van der Waals surface area contributed by atoms with Crippen molar-refractivity contribution in [3.05, 3.63) is 63.7 Å². The Balaban J connectivity index is 2.09. The van der Waals surface area contributed by atoms with Gasteiger partial charge in [-0.3, -0.25) is 14.4 Å². The van der Waals surface area contributed by atoms with E-state index in [0.29, 0.717) is 29.1 Å². The maximum Gasteiger partial charge on any atom is 0.408 e. The summed E-state index contributed by atoms with van der Waals surface area (Å²) in [6.45, 7) is 10.8. The Morgan fingerprint density at radius 1 is 1.07 bits per heavy atom. The minimum absolute atomic E-state index is 0.0402. The normalized spacial score (nSPS) is 14.8. The van der Waals surface area contributed by atoms with E-state index in [1.807, 2.05) is 45.0 Å². The number of alkyl carbamates (subject to hydrolysis) is 1. The summed E-state index contributed by atoms with van der Waals surface area (Å²) >= 11 is 6.45. The molecule has 0 heterocycles. The van der Waals surface area contributed by atoms with Gasteiger partial charge in [-0.15, -0.1) is 0 Å². The molecule has 2 aromatic carbocycles. The number of anilines is 1. The zero-order chi connectivity index (χ0) is 30.5. The van der Waals surface area contributed by atoms with Crippen LogP contribution in [0.15, 0.2) is 36.4 Å². The highest BCUT2D eigenvalue weighted by Gasteiger charge is 2.42. The molecule has 0 aromatic heterocycles. The lowest BCUT2D eigenvalue weighted by Crippen LogP contribution is -2.57. The van der Waals surface area contributed by atoms with Crippen LogP contribution in [0.25, 0.3) is 0 Å². The smallest absolute Gasteiger partial charge is 0.408 e. The van der Waals surface area contributed by atoms with Crippen molar-refractivity contribution in [2.24, 2.45) is 5.73 Å². The number of hydrogen-bond donors (Lipinski definition) is 3. The molecular formula is C31H41ClN4O5. The molecule has 0 bridgehead atoms. The molecule has 2 unspecified atom stereocenters. The Kier molecular flexibility index (Phi) is 10.4. The number of carbonyl (C=O) groups is 4. The minimum atomic E-state index is -1.14. The van der Waals surface area contributed by atoms with Crippen LogP contribution in [0.5, 0.6) is 0 Å². The second-order valence-corrected chi connectivity index (χ2v) is 12.1. The van der Waals surface area contributed by atoms with Crippen LogP contribution in [0, 0.1) is 20.8 Å². The van der Waals surface area contributed by atoms with Gasteiger partial charge < -0.3 is 26.0 Å². The monoisotopic (exact) mass is 584 g/mol. The van der Waals surface area contributed by atoms with Crippen LogP contribution in [0.3, 0.4) is 0 Å². The maximum absolute atomic E-state index is 14.4. The summed E-state index contributed by atoms with van der Waals surface area (Å²) in [7, 11) is 0. The van der Waals surface area contributed by atoms with E-state index in [2.05, 4.69) is 10.6 Å². The topological polar surface area (TPSA) is 131 Å². The molecule has 4 amide bonds. The first-order chi connectivity index (χ1) is 19.2. The highest BCUT2D eigenvalue weighted by molar-refractivity contribution is 6.34. The van der Waals surface area contributed by atoms with Gasteiger partial charge >= 0.3 is 6.09 Å². The molecule has 1 fully saturated rings. The molecule has 222 valence electrons. The van der Waals surface area contributed by atoms with Crippen molar-refractivity contribution < 1.29 is 23.9 Å². The largest absolute Gasteiger partial charge is 0.444 e. The van der Waals surface area contributed by atoms with E-state index in [1.165, 1.54) is 0 Å². The number of nitrogens with zero attached hydrogens (tertiary/aromatic N) is 1. The van der Waals surface area contributed by atoms with Gasteiger partial charge in [0.25, 0.3) is 5.91 Å². The van der Waals surface area contributed by atoms with E-state index in [0.717, 1.165) is 23.1 Å². The van der Waals surface area contributed by atoms with Crippen molar-refractivity contribution in [2.45, 2.75) is 97.4 Å². The van der Waals surface area contributed by atoms with Crippen LogP contribution in [0.4, 0.5) is 10.5 Å². The summed E-state index contributed by atoms with van der Waals surface area (Å²) in [6.07, 6.45) is 1.31. The molecule has 9 nitrogen and oxygen atoms in total. The quantitative estimate of drug-likeness (QED) is 0.340. The Morgan fingerprint density at radius 3 is 2.29 bits per heavy atom. The first-order valence-electron chi connectivity index (χ1n) is 13.9. The molecule has 3 rings (SSSR count). The zero-order valence-corrected chi connectivity index (χ0v) is 25.4. The fraction of sp³-hybridized carbons (Fsp3) is 0.484. The third-order valence-corrected chi connectivity index (χ3v) is 7.42. The van der Waals surface area contributed by atoms with Crippen LogP contribution >= 0.6 is 11.6 Å². The van der Waals surface area contributed by atoms with Crippen LogP contribution in [-0.4, -0.2) is 46.4 Å². The maximum atomic E-state index is 14.4. The predicted octanol–water partition coefficient (Wildman–Crippen LogP) is 5.48. The molecule has 1 aliphatic carbocycles. The first-order valence-corrected chi connectivity index (χ1v) is 14.3. The molecule has 4 N–H and O–H groups in total. The SMILES string of the molecule is Cc1ccc(C(C(=O)Nc2c(C)cccc2Cl)N(C(=O)C(CCC(N)=O)NC(=O)OC(C)(C)C)C2CCC2)c(C)c1. The molecule has 0 radical (unpaired) electrons. The van der Waals surface area contributed by atoms with Gasteiger partial charge in [0.05, 0.1) is 10.7 Å². The van der Waals surface area contributed by atoms with E-state index in [9.17, 15) is 19.2 Å². The molecule has 0 aliphatic heterocycles. The third-order valence-electron chi connectivity index (χ3n) is 7.11. The van der Waals surface area contributed by atoms with E-state index in [4.69, 9.17) is 22.1 Å². The molecule has 1 saturated carbocycles. The van der Waals surface area contributed by atoms with Crippen molar-refractivity contribution in [3.63, 3.8) is 0 Å². The molecule has 2 atom stereocenters. The average Bonchev–Trinajstić information content (AvgIpc) is 2.82. The molecule has 41 heavy (non-hydrogen) atoms. The Hall–Kier alpha value is -3.59. The lowest BCUT2D eigenvalue weighted by molar-refractivity contribution is -0.146. The lowest BCUT2D eigenvalue weighted by Gasteiger charge is -2.44.